The van der Waals surface area contributed by atoms with E-state index in [2.05, 4.69) is 34.9 Å². The maximum absolute atomic E-state index is 11.3. The Kier molecular flexibility index (Phi) is 4.76. The molecule has 1 atom stereocenters. The summed E-state index contributed by atoms with van der Waals surface area (Å²) in [4.78, 5) is 21.9. The second-order valence-electron chi connectivity index (χ2n) is 8.30. The van der Waals surface area contributed by atoms with Gasteiger partial charge in [-0.25, -0.2) is 4.98 Å². The van der Waals surface area contributed by atoms with Gasteiger partial charge in [0.25, 0.3) is 0 Å². The molecule has 1 saturated carbocycles. The predicted octanol–water partition coefficient (Wildman–Crippen LogP) is 2.66. The Hall–Kier alpha value is -2.78. The first-order valence-corrected chi connectivity index (χ1v) is 10.6. The van der Waals surface area contributed by atoms with Gasteiger partial charge in [0.05, 0.1) is 4.92 Å². The van der Waals surface area contributed by atoms with Crippen LogP contribution in [0.1, 0.15) is 62.5 Å². The van der Waals surface area contributed by atoms with Crippen molar-refractivity contribution in [1.82, 2.24) is 24.7 Å². The Morgan fingerprint density at radius 3 is 2.83 bits per heavy atom. The van der Waals surface area contributed by atoms with Crippen LogP contribution in [0.5, 0.6) is 0 Å². The van der Waals surface area contributed by atoms with Crippen LogP contribution in [0.15, 0.2) is 6.20 Å². The number of anilines is 2. The fourth-order valence-corrected chi connectivity index (χ4v) is 4.36. The van der Waals surface area contributed by atoms with E-state index in [9.17, 15) is 10.1 Å². The topological polar surface area (TPSA) is 115 Å². The zero-order valence-corrected chi connectivity index (χ0v) is 16.5. The fraction of sp³-hybridized carbons (Fsp3) is 0.684. The van der Waals surface area contributed by atoms with Crippen molar-refractivity contribution in [2.24, 2.45) is 0 Å². The third-order valence-corrected chi connectivity index (χ3v) is 6.08. The number of hydrogen-bond acceptors (Lipinski definition) is 8. The van der Waals surface area contributed by atoms with Crippen LogP contribution in [0.25, 0.3) is 0 Å². The van der Waals surface area contributed by atoms with Crippen molar-refractivity contribution in [1.29, 1.82) is 0 Å². The monoisotopic (exact) mass is 398 g/mol. The largest absolute Gasteiger partial charge is 0.361 e. The van der Waals surface area contributed by atoms with Crippen molar-refractivity contribution in [3.05, 3.63) is 28.0 Å². The van der Waals surface area contributed by atoms with Gasteiger partial charge in [0.15, 0.2) is 0 Å². The van der Waals surface area contributed by atoms with Gasteiger partial charge in [-0.15, -0.1) is 10.2 Å². The molecule has 154 valence electrons. The van der Waals surface area contributed by atoms with E-state index in [4.69, 9.17) is 0 Å². The summed E-state index contributed by atoms with van der Waals surface area (Å²) >= 11 is 0. The van der Waals surface area contributed by atoms with Gasteiger partial charge in [-0.3, -0.25) is 10.1 Å². The SMILES string of the molecule is O=[N+]([O-])c1cnc(N2CCCC(c3nnc4n3CCCCC4)C2)nc1NC1CC1. The van der Waals surface area contributed by atoms with Crippen molar-refractivity contribution in [3.8, 4) is 0 Å². The number of aromatic nitrogens is 5. The average molecular weight is 398 g/mol. The zero-order valence-electron chi connectivity index (χ0n) is 16.5. The molecule has 1 N–H and O–H groups in total. The molecule has 29 heavy (non-hydrogen) atoms. The summed E-state index contributed by atoms with van der Waals surface area (Å²) < 4.78 is 2.32. The van der Waals surface area contributed by atoms with Crippen LogP contribution in [0.2, 0.25) is 0 Å². The van der Waals surface area contributed by atoms with Crippen LogP contribution in [-0.4, -0.2) is 48.8 Å². The van der Waals surface area contributed by atoms with E-state index in [-0.39, 0.29) is 17.6 Å². The van der Waals surface area contributed by atoms with Gasteiger partial charge < -0.3 is 14.8 Å². The minimum atomic E-state index is -0.418. The van der Waals surface area contributed by atoms with Crippen LogP contribution in [0.3, 0.4) is 0 Å². The summed E-state index contributed by atoms with van der Waals surface area (Å²) in [7, 11) is 0. The van der Waals surface area contributed by atoms with E-state index >= 15 is 0 Å². The molecule has 1 aliphatic carbocycles. The minimum Gasteiger partial charge on any atom is -0.361 e. The molecular formula is C19H26N8O2. The quantitative estimate of drug-likeness (QED) is 0.604. The van der Waals surface area contributed by atoms with Gasteiger partial charge >= 0.3 is 5.69 Å². The van der Waals surface area contributed by atoms with Gasteiger partial charge in [0.1, 0.15) is 17.8 Å². The van der Waals surface area contributed by atoms with Crippen LogP contribution in [-0.2, 0) is 13.0 Å². The molecule has 0 bridgehead atoms. The highest BCUT2D eigenvalue weighted by Gasteiger charge is 2.31. The Morgan fingerprint density at radius 1 is 1.10 bits per heavy atom. The van der Waals surface area contributed by atoms with E-state index in [0.717, 1.165) is 63.4 Å². The molecule has 5 rings (SSSR count). The highest BCUT2D eigenvalue weighted by molar-refractivity contribution is 5.58. The second kappa shape index (κ2) is 7.57. The van der Waals surface area contributed by atoms with E-state index in [1.54, 1.807) is 0 Å². The van der Waals surface area contributed by atoms with Crippen LogP contribution in [0, 0.1) is 10.1 Å². The Balaban J connectivity index is 1.38. The normalized spacial score (nSPS) is 22.1. The van der Waals surface area contributed by atoms with Gasteiger partial charge in [-0.05, 0) is 38.5 Å². The van der Waals surface area contributed by atoms with Crippen LogP contribution < -0.4 is 10.2 Å². The van der Waals surface area contributed by atoms with Gasteiger partial charge in [-0.2, -0.15) is 4.98 Å². The van der Waals surface area contributed by atoms with Crippen molar-refractivity contribution >= 4 is 17.5 Å². The zero-order chi connectivity index (χ0) is 19.8. The summed E-state index contributed by atoms with van der Waals surface area (Å²) in [6, 6.07) is 0.289. The van der Waals surface area contributed by atoms with Gasteiger partial charge in [-0.1, -0.05) is 6.42 Å². The summed E-state index contributed by atoms with van der Waals surface area (Å²) in [6.07, 6.45) is 10.1. The number of hydrogen-bond donors (Lipinski definition) is 1. The molecule has 2 aliphatic heterocycles. The second-order valence-corrected chi connectivity index (χ2v) is 8.30. The smallest absolute Gasteiger partial charge is 0.329 e. The van der Waals surface area contributed by atoms with E-state index in [1.807, 2.05) is 0 Å². The fourth-order valence-electron chi connectivity index (χ4n) is 4.36. The molecule has 1 saturated heterocycles. The van der Waals surface area contributed by atoms with Crippen molar-refractivity contribution in [2.75, 3.05) is 23.3 Å². The van der Waals surface area contributed by atoms with E-state index in [1.165, 1.54) is 25.5 Å². The first-order valence-electron chi connectivity index (χ1n) is 10.6. The number of rotatable bonds is 5. The number of nitrogens with zero attached hydrogens (tertiary/aromatic N) is 7. The highest BCUT2D eigenvalue weighted by Crippen LogP contribution is 2.33. The molecule has 0 spiro atoms. The lowest BCUT2D eigenvalue weighted by molar-refractivity contribution is -0.384. The molecule has 0 aromatic carbocycles. The summed E-state index contributed by atoms with van der Waals surface area (Å²) in [5.74, 6) is 3.35. The Bertz CT molecular complexity index is 910. The van der Waals surface area contributed by atoms with Crippen molar-refractivity contribution in [3.63, 3.8) is 0 Å². The maximum Gasteiger partial charge on any atom is 0.329 e. The first-order chi connectivity index (χ1) is 14.2. The van der Waals surface area contributed by atoms with Gasteiger partial charge in [0, 0.05) is 38.0 Å². The molecule has 4 heterocycles. The molecular weight excluding hydrogens is 372 g/mol. The minimum absolute atomic E-state index is 0.0583. The average Bonchev–Trinajstić information content (AvgIpc) is 3.50. The molecule has 0 radical (unpaired) electrons. The molecule has 2 aromatic rings. The number of fused-ring (bicyclic) bond motifs is 1. The molecule has 1 unspecified atom stereocenters. The lowest BCUT2D eigenvalue weighted by atomic mass is 9.97. The first kappa shape index (κ1) is 18.3. The predicted molar refractivity (Wildman–Crippen MR) is 107 cm³/mol. The number of nitro groups is 1. The number of nitrogens with one attached hydrogen (secondary N) is 1. The van der Waals surface area contributed by atoms with Gasteiger partial charge in [0.2, 0.25) is 11.8 Å². The lowest BCUT2D eigenvalue weighted by Gasteiger charge is -2.32. The van der Waals surface area contributed by atoms with Crippen LogP contribution in [0.4, 0.5) is 17.5 Å². The van der Waals surface area contributed by atoms with Crippen molar-refractivity contribution in [2.45, 2.75) is 69.9 Å². The highest BCUT2D eigenvalue weighted by atomic mass is 16.6. The van der Waals surface area contributed by atoms with E-state index < -0.39 is 4.92 Å². The van der Waals surface area contributed by atoms with Crippen LogP contribution >= 0.6 is 0 Å². The molecule has 3 aliphatic rings. The molecule has 10 nitrogen and oxygen atoms in total. The summed E-state index contributed by atoms with van der Waals surface area (Å²) in [5.41, 5.74) is -0.0583. The third-order valence-electron chi connectivity index (χ3n) is 6.08. The van der Waals surface area contributed by atoms with Crippen molar-refractivity contribution < 1.29 is 4.92 Å². The maximum atomic E-state index is 11.3. The summed E-state index contributed by atoms with van der Waals surface area (Å²) in [5, 5.41) is 23.5. The molecule has 0 amide bonds. The number of aryl methyl sites for hydroxylation is 1. The van der Waals surface area contributed by atoms with E-state index in [0.29, 0.717) is 11.8 Å². The molecule has 2 fully saturated rings. The number of piperidine rings is 1. The summed E-state index contributed by atoms with van der Waals surface area (Å²) in [6.45, 7) is 2.61. The standard InChI is InChI=1S/C19H26N8O2/c28-27(29)15-11-20-19(22-17(15)21-14-7-8-14)25-9-4-5-13(12-25)18-24-23-16-6-2-1-3-10-26(16)18/h11,13-14H,1-10,12H2,(H,20,21,22). The molecule has 10 heteroatoms. The Morgan fingerprint density at radius 2 is 2.00 bits per heavy atom. The Labute approximate surface area is 168 Å². The lowest BCUT2D eigenvalue weighted by Crippen LogP contribution is -2.36. The molecule has 2 aromatic heterocycles. The third kappa shape index (κ3) is 3.75.